The van der Waals surface area contributed by atoms with Gasteiger partial charge in [0.2, 0.25) is 5.39 Å². The van der Waals surface area contributed by atoms with Crippen LogP contribution in [0.25, 0.3) is 4.98 Å². The Labute approximate surface area is 79.5 Å². The molecule has 0 unspecified atom stereocenters. The molecule has 0 amide bonds. The standard InChI is InChI=1S/C7H5Cl2N2O/c1-12-5-3-2-4(11-10)6(8)7(5)9/h2-3H,1H3/q+1. The van der Waals surface area contributed by atoms with Crippen molar-refractivity contribution in [3.8, 4) is 5.75 Å². The average Bonchev–Trinajstić information content (AvgIpc) is 2.10. The molecule has 0 aliphatic rings. The van der Waals surface area contributed by atoms with Crippen molar-refractivity contribution in [3.05, 3.63) is 27.2 Å². The first-order valence-corrected chi connectivity index (χ1v) is 3.83. The maximum absolute atomic E-state index is 8.45. The molecule has 0 radical (unpaired) electrons. The quantitative estimate of drug-likeness (QED) is 0.656. The normalized spacial score (nSPS) is 9.17. The van der Waals surface area contributed by atoms with Crippen molar-refractivity contribution < 1.29 is 4.74 Å². The fourth-order valence-electron chi connectivity index (χ4n) is 0.756. The molecule has 0 heterocycles. The van der Waals surface area contributed by atoms with Gasteiger partial charge >= 0.3 is 5.69 Å². The summed E-state index contributed by atoms with van der Waals surface area (Å²) in [4.78, 5) is 2.93. The molecule has 0 N–H and O–H groups in total. The number of hydrogen-bond donors (Lipinski definition) is 0. The van der Waals surface area contributed by atoms with Gasteiger partial charge < -0.3 is 4.74 Å². The minimum Gasteiger partial charge on any atom is -0.495 e. The fourth-order valence-corrected chi connectivity index (χ4v) is 1.19. The van der Waals surface area contributed by atoms with E-state index in [1.165, 1.54) is 13.2 Å². The summed E-state index contributed by atoms with van der Waals surface area (Å²) in [6.45, 7) is 0. The van der Waals surface area contributed by atoms with Crippen molar-refractivity contribution in [1.29, 1.82) is 5.39 Å². The van der Waals surface area contributed by atoms with Crippen molar-refractivity contribution in [1.82, 2.24) is 0 Å². The molecule has 3 nitrogen and oxygen atoms in total. The van der Waals surface area contributed by atoms with Gasteiger partial charge in [-0.25, -0.2) is 0 Å². The Morgan fingerprint density at radius 2 is 2.00 bits per heavy atom. The van der Waals surface area contributed by atoms with Crippen LogP contribution in [0.1, 0.15) is 0 Å². The highest BCUT2D eigenvalue weighted by molar-refractivity contribution is 6.44. The molecule has 0 spiro atoms. The fraction of sp³-hybridized carbons (Fsp3) is 0.143. The van der Waals surface area contributed by atoms with Crippen LogP contribution in [0, 0.1) is 5.39 Å². The molecule has 62 valence electrons. The Morgan fingerprint density at radius 1 is 1.33 bits per heavy atom. The lowest BCUT2D eigenvalue weighted by molar-refractivity contribution is 0.415. The monoisotopic (exact) mass is 203 g/mol. The summed E-state index contributed by atoms with van der Waals surface area (Å²) >= 11 is 11.5. The van der Waals surface area contributed by atoms with Gasteiger partial charge in [0, 0.05) is 6.07 Å². The van der Waals surface area contributed by atoms with Crippen LogP contribution in [-0.4, -0.2) is 7.11 Å². The zero-order valence-electron chi connectivity index (χ0n) is 6.21. The summed E-state index contributed by atoms with van der Waals surface area (Å²) in [6, 6.07) is 3.08. The Hall–Kier alpha value is -0.980. The molecule has 0 saturated carbocycles. The van der Waals surface area contributed by atoms with Gasteiger partial charge in [0.25, 0.3) is 0 Å². The minimum atomic E-state index is 0.179. The Morgan fingerprint density at radius 3 is 2.50 bits per heavy atom. The van der Waals surface area contributed by atoms with Crippen LogP contribution in [0.15, 0.2) is 12.1 Å². The smallest absolute Gasteiger partial charge is 0.405 e. The molecule has 0 atom stereocenters. The van der Waals surface area contributed by atoms with Crippen molar-refractivity contribution in [3.63, 3.8) is 0 Å². The summed E-state index contributed by atoms with van der Waals surface area (Å²) < 4.78 is 4.89. The predicted octanol–water partition coefficient (Wildman–Crippen LogP) is 3.49. The molecule has 12 heavy (non-hydrogen) atoms. The van der Waals surface area contributed by atoms with E-state index in [9.17, 15) is 0 Å². The summed E-state index contributed by atoms with van der Waals surface area (Å²) in [6.07, 6.45) is 0. The molecule has 0 bridgehead atoms. The molecule has 1 aromatic rings. The van der Waals surface area contributed by atoms with E-state index in [4.69, 9.17) is 33.3 Å². The molecule has 5 heteroatoms. The van der Waals surface area contributed by atoms with E-state index in [0.717, 1.165) is 0 Å². The number of nitrogens with zero attached hydrogens (tertiary/aromatic N) is 2. The van der Waals surface area contributed by atoms with Gasteiger partial charge in [-0.3, -0.25) is 0 Å². The molecular weight excluding hydrogens is 199 g/mol. The Bertz CT molecular complexity index is 346. The van der Waals surface area contributed by atoms with E-state index in [1.807, 2.05) is 0 Å². The lowest BCUT2D eigenvalue weighted by Gasteiger charge is -2.00. The highest BCUT2D eigenvalue weighted by Gasteiger charge is 2.18. The van der Waals surface area contributed by atoms with Gasteiger partial charge in [0.05, 0.1) is 7.11 Å². The molecule has 0 aliphatic heterocycles. The van der Waals surface area contributed by atoms with E-state index in [1.54, 1.807) is 6.07 Å². The largest absolute Gasteiger partial charge is 0.495 e. The zero-order valence-corrected chi connectivity index (χ0v) is 7.73. The number of benzene rings is 1. The highest BCUT2D eigenvalue weighted by atomic mass is 35.5. The van der Waals surface area contributed by atoms with E-state index in [0.29, 0.717) is 5.75 Å². The van der Waals surface area contributed by atoms with Gasteiger partial charge in [-0.05, 0) is 6.07 Å². The second kappa shape index (κ2) is 3.61. The molecule has 0 saturated heterocycles. The molecular formula is C7H5Cl2N2O+. The summed E-state index contributed by atoms with van der Waals surface area (Å²) in [5, 5.41) is 8.87. The van der Waals surface area contributed by atoms with Crippen LogP contribution in [0.2, 0.25) is 10.0 Å². The molecule has 1 aromatic carbocycles. The van der Waals surface area contributed by atoms with E-state index in [2.05, 4.69) is 4.98 Å². The van der Waals surface area contributed by atoms with Gasteiger partial charge in [0.1, 0.15) is 10.8 Å². The molecule has 1 rings (SSSR count). The Kier molecular flexibility index (Phi) is 2.74. The number of methoxy groups -OCH3 is 1. The second-order valence-corrected chi connectivity index (χ2v) is 2.77. The lowest BCUT2D eigenvalue weighted by atomic mass is 10.3. The number of hydrogen-bond acceptors (Lipinski definition) is 2. The summed E-state index contributed by atoms with van der Waals surface area (Å²) in [7, 11) is 1.48. The Balaban J connectivity index is 3.32. The van der Waals surface area contributed by atoms with Gasteiger partial charge in [-0.2, -0.15) is 0 Å². The number of diazo groups is 1. The predicted molar refractivity (Wildman–Crippen MR) is 47.8 cm³/mol. The third-order valence-corrected chi connectivity index (χ3v) is 2.21. The van der Waals surface area contributed by atoms with E-state index in [-0.39, 0.29) is 15.7 Å². The average molecular weight is 204 g/mol. The SMILES string of the molecule is COc1ccc([N+]#N)c(Cl)c1Cl. The van der Waals surface area contributed by atoms with Crippen molar-refractivity contribution in [2.75, 3.05) is 7.11 Å². The third kappa shape index (κ3) is 1.45. The first kappa shape index (κ1) is 9.11. The highest BCUT2D eigenvalue weighted by Crippen LogP contribution is 2.38. The van der Waals surface area contributed by atoms with Crippen LogP contribution >= 0.6 is 23.2 Å². The maximum atomic E-state index is 8.45. The first-order chi connectivity index (χ1) is 5.70. The second-order valence-electron chi connectivity index (χ2n) is 2.01. The van der Waals surface area contributed by atoms with Crippen LogP contribution in [0.3, 0.4) is 0 Å². The van der Waals surface area contributed by atoms with Crippen LogP contribution in [0.4, 0.5) is 5.69 Å². The number of rotatable bonds is 1. The number of ether oxygens (including phenoxy) is 1. The van der Waals surface area contributed by atoms with Crippen LogP contribution in [-0.2, 0) is 0 Å². The summed E-state index contributed by atoms with van der Waals surface area (Å²) in [5.41, 5.74) is 0.225. The number of halogens is 2. The van der Waals surface area contributed by atoms with E-state index < -0.39 is 0 Å². The van der Waals surface area contributed by atoms with Gasteiger partial charge in [0.15, 0.2) is 10.00 Å². The third-order valence-electron chi connectivity index (χ3n) is 1.35. The first-order valence-electron chi connectivity index (χ1n) is 3.07. The topological polar surface area (TPSA) is 37.4 Å². The van der Waals surface area contributed by atoms with Crippen molar-refractivity contribution in [2.24, 2.45) is 0 Å². The van der Waals surface area contributed by atoms with Crippen LogP contribution in [0.5, 0.6) is 5.75 Å². The van der Waals surface area contributed by atoms with Crippen molar-refractivity contribution >= 4 is 28.9 Å². The molecule has 0 aromatic heterocycles. The maximum Gasteiger partial charge on any atom is 0.405 e. The zero-order chi connectivity index (χ0) is 9.14. The molecule has 0 aliphatic carbocycles. The van der Waals surface area contributed by atoms with Gasteiger partial charge in [-0.15, -0.1) is 0 Å². The van der Waals surface area contributed by atoms with Crippen molar-refractivity contribution in [2.45, 2.75) is 0 Å². The summed E-state index contributed by atoms with van der Waals surface area (Å²) in [5.74, 6) is 0.453. The van der Waals surface area contributed by atoms with Crippen LogP contribution < -0.4 is 4.74 Å². The van der Waals surface area contributed by atoms with E-state index >= 15 is 0 Å². The molecule has 0 fully saturated rings. The van der Waals surface area contributed by atoms with Gasteiger partial charge in [-0.1, -0.05) is 23.2 Å². The minimum absolute atomic E-state index is 0.179. The lowest BCUT2D eigenvalue weighted by Crippen LogP contribution is -1.83.